The van der Waals surface area contributed by atoms with Crippen molar-refractivity contribution in [2.24, 2.45) is 11.8 Å². The number of carboxylic acid groups (broad SMARTS) is 1. The molecule has 1 heterocycles. The van der Waals surface area contributed by atoms with E-state index in [-0.39, 0.29) is 6.04 Å². The Balaban J connectivity index is 1.72. The molecule has 126 valence electrons. The summed E-state index contributed by atoms with van der Waals surface area (Å²) in [7, 11) is 0. The topological polar surface area (TPSA) is 40.5 Å². The van der Waals surface area contributed by atoms with Gasteiger partial charge in [0.05, 0.1) is 0 Å². The zero-order chi connectivity index (χ0) is 16.4. The quantitative estimate of drug-likeness (QED) is 0.889. The Bertz CT molecular complexity index is 537. The van der Waals surface area contributed by atoms with Gasteiger partial charge in [0.2, 0.25) is 0 Å². The summed E-state index contributed by atoms with van der Waals surface area (Å²) < 4.78 is 0. The number of hydrogen-bond donors (Lipinski definition) is 1. The second kappa shape index (κ2) is 7.04. The summed E-state index contributed by atoms with van der Waals surface area (Å²) in [4.78, 5) is 13.9. The molecule has 2 fully saturated rings. The Morgan fingerprint density at radius 1 is 1.17 bits per heavy atom. The van der Waals surface area contributed by atoms with E-state index in [0.717, 1.165) is 19.4 Å². The first-order valence-electron chi connectivity index (χ1n) is 9.11. The molecule has 0 radical (unpaired) electrons. The monoisotopic (exact) mass is 315 g/mol. The molecule has 23 heavy (non-hydrogen) atoms. The summed E-state index contributed by atoms with van der Waals surface area (Å²) in [6, 6.07) is 8.97. The first kappa shape index (κ1) is 16.5. The minimum absolute atomic E-state index is 0.293. The van der Waals surface area contributed by atoms with Gasteiger partial charge in [0.25, 0.3) is 0 Å². The average molecular weight is 315 g/mol. The first-order valence-corrected chi connectivity index (χ1v) is 9.11. The smallest absolute Gasteiger partial charge is 0.320 e. The van der Waals surface area contributed by atoms with Crippen LogP contribution in [0.3, 0.4) is 0 Å². The molecule has 0 bridgehead atoms. The van der Waals surface area contributed by atoms with E-state index in [0.29, 0.717) is 17.9 Å². The summed E-state index contributed by atoms with van der Waals surface area (Å²) in [6.07, 6.45) is 6.83. The van der Waals surface area contributed by atoms with Crippen LogP contribution in [0.25, 0.3) is 0 Å². The molecule has 2 aliphatic rings. The van der Waals surface area contributed by atoms with Crippen LogP contribution in [0.2, 0.25) is 0 Å². The number of carbonyl (C=O) groups is 1. The van der Waals surface area contributed by atoms with Gasteiger partial charge in [-0.05, 0) is 48.6 Å². The Morgan fingerprint density at radius 3 is 2.48 bits per heavy atom. The molecule has 1 aromatic carbocycles. The molecule has 1 aliphatic heterocycles. The molecule has 3 atom stereocenters. The van der Waals surface area contributed by atoms with Gasteiger partial charge in [-0.15, -0.1) is 0 Å². The van der Waals surface area contributed by atoms with Crippen molar-refractivity contribution in [1.29, 1.82) is 0 Å². The summed E-state index contributed by atoms with van der Waals surface area (Å²) in [5.41, 5.74) is 2.62. The lowest BCUT2D eigenvalue weighted by atomic mass is 9.84. The lowest BCUT2D eigenvalue weighted by molar-refractivity contribution is -0.142. The second-order valence-corrected chi connectivity index (χ2v) is 7.79. The van der Waals surface area contributed by atoms with Gasteiger partial charge in [-0.1, -0.05) is 51.0 Å². The Kier molecular flexibility index (Phi) is 5.05. The Hall–Kier alpha value is -1.35. The fourth-order valence-electron chi connectivity index (χ4n) is 4.49. The number of rotatable bonds is 5. The van der Waals surface area contributed by atoms with Crippen LogP contribution < -0.4 is 0 Å². The number of likely N-dealkylation sites (tertiary alicyclic amines) is 1. The SMILES string of the molecule is CC(C)Cc1ccc(CN2C(C(=O)O)CC3CCCCC32)cc1. The zero-order valence-corrected chi connectivity index (χ0v) is 14.4. The summed E-state index contributed by atoms with van der Waals surface area (Å²) in [5.74, 6) is 0.611. The van der Waals surface area contributed by atoms with E-state index in [9.17, 15) is 9.90 Å². The van der Waals surface area contributed by atoms with Gasteiger partial charge in [0.15, 0.2) is 0 Å². The van der Waals surface area contributed by atoms with Crippen LogP contribution in [-0.2, 0) is 17.8 Å². The van der Waals surface area contributed by atoms with Crippen LogP contribution in [0.15, 0.2) is 24.3 Å². The molecule has 0 amide bonds. The van der Waals surface area contributed by atoms with Crippen molar-refractivity contribution < 1.29 is 9.90 Å². The van der Waals surface area contributed by atoms with E-state index in [4.69, 9.17) is 0 Å². The van der Waals surface area contributed by atoms with Crippen LogP contribution in [0.4, 0.5) is 0 Å². The maximum atomic E-state index is 11.7. The number of aliphatic carboxylic acids is 1. The van der Waals surface area contributed by atoms with E-state index >= 15 is 0 Å². The lowest BCUT2D eigenvalue weighted by Gasteiger charge is -2.33. The molecule has 1 aliphatic carbocycles. The first-order chi connectivity index (χ1) is 11.0. The molecule has 3 unspecified atom stereocenters. The molecule has 3 rings (SSSR count). The normalized spacial score (nSPS) is 28.0. The highest BCUT2D eigenvalue weighted by atomic mass is 16.4. The number of hydrogen-bond acceptors (Lipinski definition) is 2. The molecule has 3 heteroatoms. The fourth-order valence-corrected chi connectivity index (χ4v) is 4.49. The third-order valence-corrected chi connectivity index (χ3v) is 5.54. The van der Waals surface area contributed by atoms with Crippen LogP contribution in [0, 0.1) is 11.8 Å². The minimum Gasteiger partial charge on any atom is -0.480 e. The maximum absolute atomic E-state index is 11.7. The fraction of sp³-hybridized carbons (Fsp3) is 0.650. The van der Waals surface area contributed by atoms with Gasteiger partial charge < -0.3 is 5.11 Å². The Morgan fingerprint density at radius 2 is 1.83 bits per heavy atom. The van der Waals surface area contributed by atoms with Crippen LogP contribution >= 0.6 is 0 Å². The van der Waals surface area contributed by atoms with Crippen LogP contribution in [-0.4, -0.2) is 28.1 Å². The third-order valence-electron chi connectivity index (χ3n) is 5.54. The van der Waals surface area contributed by atoms with Crippen molar-refractivity contribution in [1.82, 2.24) is 4.90 Å². The van der Waals surface area contributed by atoms with Crippen molar-refractivity contribution in [2.45, 2.75) is 71.0 Å². The van der Waals surface area contributed by atoms with Crippen LogP contribution in [0.5, 0.6) is 0 Å². The highest BCUT2D eigenvalue weighted by molar-refractivity contribution is 5.74. The lowest BCUT2D eigenvalue weighted by Crippen LogP contribution is -2.41. The number of fused-ring (bicyclic) bond motifs is 1. The molecular formula is C20H29NO2. The van der Waals surface area contributed by atoms with Crippen molar-refractivity contribution >= 4 is 5.97 Å². The minimum atomic E-state index is -0.643. The maximum Gasteiger partial charge on any atom is 0.320 e. The predicted octanol–water partition coefficient (Wildman–Crippen LogP) is 4.10. The zero-order valence-electron chi connectivity index (χ0n) is 14.4. The summed E-state index contributed by atoms with van der Waals surface area (Å²) >= 11 is 0. The molecule has 0 spiro atoms. The van der Waals surface area contributed by atoms with E-state index in [1.54, 1.807) is 0 Å². The van der Waals surface area contributed by atoms with Gasteiger partial charge >= 0.3 is 5.97 Å². The van der Waals surface area contributed by atoms with E-state index in [2.05, 4.69) is 43.0 Å². The molecule has 1 aromatic rings. The molecular weight excluding hydrogens is 286 g/mol. The van der Waals surface area contributed by atoms with E-state index in [1.165, 1.54) is 36.8 Å². The summed E-state index contributed by atoms with van der Waals surface area (Å²) in [6.45, 7) is 5.25. The molecule has 0 aromatic heterocycles. The average Bonchev–Trinajstić information content (AvgIpc) is 2.88. The molecule has 1 N–H and O–H groups in total. The number of benzene rings is 1. The largest absolute Gasteiger partial charge is 0.480 e. The van der Waals surface area contributed by atoms with Gasteiger partial charge in [0, 0.05) is 12.6 Å². The van der Waals surface area contributed by atoms with Crippen molar-refractivity contribution in [3.05, 3.63) is 35.4 Å². The third kappa shape index (κ3) is 3.77. The van der Waals surface area contributed by atoms with Gasteiger partial charge in [-0.3, -0.25) is 9.69 Å². The highest BCUT2D eigenvalue weighted by Gasteiger charge is 2.44. The van der Waals surface area contributed by atoms with Gasteiger partial charge in [-0.2, -0.15) is 0 Å². The standard InChI is InChI=1S/C20H29NO2/c1-14(2)11-15-7-9-16(10-8-15)13-21-18-6-4-3-5-17(18)12-19(21)20(22)23/h7-10,14,17-19H,3-6,11-13H2,1-2H3,(H,22,23). The predicted molar refractivity (Wildman–Crippen MR) is 92.3 cm³/mol. The van der Waals surface area contributed by atoms with Gasteiger partial charge in [-0.25, -0.2) is 0 Å². The second-order valence-electron chi connectivity index (χ2n) is 7.79. The van der Waals surface area contributed by atoms with Crippen LogP contribution in [0.1, 0.15) is 57.1 Å². The molecule has 1 saturated carbocycles. The molecule has 1 saturated heterocycles. The van der Waals surface area contributed by atoms with Gasteiger partial charge in [0.1, 0.15) is 6.04 Å². The van der Waals surface area contributed by atoms with Crippen molar-refractivity contribution in [3.63, 3.8) is 0 Å². The number of nitrogens with zero attached hydrogens (tertiary/aromatic N) is 1. The van der Waals surface area contributed by atoms with E-state index in [1.807, 2.05) is 0 Å². The Labute approximate surface area is 139 Å². The van der Waals surface area contributed by atoms with E-state index < -0.39 is 5.97 Å². The molecule has 3 nitrogen and oxygen atoms in total. The van der Waals surface area contributed by atoms with Crippen molar-refractivity contribution in [2.75, 3.05) is 0 Å². The number of carboxylic acids is 1. The van der Waals surface area contributed by atoms with Crippen molar-refractivity contribution in [3.8, 4) is 0 Å². The summed E-state index contributed by atoms with van der Waals surface area (Å²) in [5, 5.41) is 9.61. The highest BCUT2D eigenvalue weighted by Crippen LogP contribution is 2.40.